The van der Waals surface area contributed by atoms with E-state index in [1.807, 2.05) is 0 Å². The summed E-state index contributed by atoms with van der Waals surface area (Å²) < 4.78 is 40.7. The van der Waals surface area contributed by atoms with E-state index in [-0.39, 0.29) is 48.7 Å². The highest BCUT2D eigenvalue weighted by Crippen LogP contribution is 2.22. The lowest BCUT2D eigenvalue weighted by atomic mass is 9.92. The lowest BCUT2D eigenvalue weighted by Gasteiger charge is -2.31. The smallest absolute Gasteiger partial charge is 0.333 e. The van der Waals surface area contributed by atoms with Crippen LogP contribution in [0.3, 0.4) is 0 Å². The van der Waals surface area contributed by atoms with Gasteiger partial charge in [0.2, 0.25) is 0 Å². The van der Waals surface area contributed by atoms with Crippen molar-refractivity contribution in [2.75, 3.05) is 52.9 Å². The van der Waals surface area contributed by atoms with Gasteiger partial charge in [-0.25, -0.2) is 19.2 Å². The fourth-order valence-electron chi connectivity index (χ4n) is 2.87. The monoisotopic (exact) mass is 696 g/mol. The number of carbonyl (C=O) groups excluding carboxylic acids is 8. The molecule has 0 fully saturated rings. The first-order valence-electron chi connectivity index (χ1n) is 14.8. The van der Waals surface area contributed by atoms with Crippen LogP contribution in [0.15, 0.2) is 48.6 Å². The van der Waals surface area contributed by atoms with Gasteiger partial charge in [0.15, 0.2) is 0 Å². The molecule has 0 N–H and O–H groups in total. The van der Waals surface area contributed by atoms with E-state index in [1.165, 1.54) is 27.7 Å². The van der Waals surface area contributed by atoms with E-state index >= 15 is 0 Å². The van der Waals surface area contributed by atoms with E-state index in [2.05, 4.69) is 26.3 Å². The Bertz CT molecular complexity index is 1090. The van der Waals surface area contributed by atoms with Crippen molar-refractivity contribution >= 4 is 47.8 Å². The molecule has 0 aromatic rings. The van der Waals surface area contributed by atoms with Crippen molar-refractivity contribution in [3.63, 3.8) is 0 Å². The van der Waals surface area contributed by atoms with Gasteiger partial charge in [0.1, 0.15) is 58.3 Å². The molecule has 49 heavy (non-hydrogen) atoms. The lowest BCUT2D eigenvalue weighted by molar-refractivity contribution is -0.171. The minimum absolute atomic E-state index is 0.107. The van der Waals surface area contributed by atoms with Crippen LogP contribution in [-0.4, -0.2) is 101 Å². The quantitative estimate of drug-likeness (QED) is 0.0804. The van der Waals surface area contributed by atoms with E-state index in [9.17, 15) is 38.4 Å². The normalized spacial score (nSPS) is 10.4. The Morgan fingerprint density at radius 1 is 0.367 bits per heavy atom. The maximum absolute atomic E-state index is 12.5. The molecule has 0 aromatic heterocycles. The summed E-state index contributed by atoms with van der Waals surface area (Å²) in [7, 11) is 0. The van der Waals surface area contributed by atoms with Crippen molar-refractivity contribution in [2.45, 2.75) is 53.4 Å². The molecule has 0 atom stereocenters. The van der Waals surface area contributed by atoms with E-state index in [1.54, 1.807) is 0 Å². The van der Waals surface area contributed by atoms with Crippen LogP contribution in [0.5, 0.6) is 0 Å². The van der Waals surface area contributed by atoms with Crippen molar-refractivity contribution in [1.82, 2.24) is 0 Å². The second-order valence-corrected chi connectivity index (χ2v) is 10.8. The zero-order valence-electron chi connectivity index (χ0n) is 28.3. The average molecular weight is 697 g/mol. The largest absolute Gasteiger partial charge is 0.465 e. The minimum Gasteiger partial charge on any atom is -0.465 e. The summed E-state index contributed by atoms with van der Waals surface area (Å²) in [6.45, 7) is 15.4. The first-order valence-corrected chi connectivity index (χ1v) is 14.8. The topological polar surface area (TPSA) is 210 Å². The number of hydrogen-bond donors (Lipinski definition) is 0. The first-order chi connectivity index (χ1) is 22.9. The van der Waals surface area contributed by atoms with E-state index in [4.69, 9.17) is 37.9 Å². The highest BCUT2D eigenvalue weighted by Gasteiger charge is 2.38. The van der Waals surface area contributed by atoms with Gasteiger partial charge in [0, 0.05) is 22.3 Å². The van der Waals surface area contributed by atoms with Crippen molar-refractivity contribution in [2.24, 2.45) is 5.41 Å². The molecule has 16 heteroatoms. The summed E-state index contributed by atoms with van der Waals surface area (Å²) in [5.74, 6) is -6.45. The fraction of sp³-hybridized carbons (Fsp3) is 0.515. The van der Waals surface area contributed by atoms with Gasteiger partial charge >= 0.3 is 47.8 Å². The Morgan fingerprint density at radius 2 is 0.551 bits per heavy atom. The zero-order chi connectivity index (χ0) is 37.6. The highest BCUT2D eigenvalue weighted by atomic mass is 16.6. The molecule has 0 spiro atoms. The standard InChI is InChI=1S/C33H44O16/c1-21(2)29(38)42-13-9-25(34)46-17-33(18-47-26(35)10-14-43-30(39)22(3)4,19-48-27(36)11-15-44-31(40)23(5)6)20-49-28(37)12-16-45-32(41)24(7)8/h1,3,5,7,9-20H2,2,4,6,8H3. The molecule has 0 bridgehead atoms. The summed E-state index contributed by atoms with van der Waals surface area (Å²) in [6.07, 6.45) is -1.59. The van der Waals surface area contributed by atoms with Gasteiger partial charge in [-0.05, 0) is 27.7 Å². The van der Waals surface area contributed by atoms with Crippen LogP contribution >= 0.6 is 0 Å². The Morgan fingerprint density at radius 3 is 0.714 bits per heavy atom. The third kappa shape index (κ3) is 20.5. The number of rotatable bonds is 24. The van der Waals surface area contributed by atoms with Crippen LogP contribution in [0.1, 0.15) is 53.4 Å². The van der Waals surface area contributed by atoms with Gasteiger partial charge in [-0.1, -0.05) is 26.3 Å². The lowest BCUT2D eigenvalue weighted by Crippen LogP contribution is -2.44. The molecule has 0 rings (SSSR count). The molecular weight excluding hydrogens is 652 g/mol. The molecule has 0 radical (unpaired) electrons. The number of hydrogen-bond acceptors (Lipinski definition) is 16. The summed E-state index contributed by atoms with van der Waals surface area (Å²) >= 11 is 0. The van der Waals surface area contributed by atoms with Gasteiger partial charge in [0.25, 0.3) is 0 Å². The summed E-state index contributed by atoms with van der Waals surface area (Å²) in [6, 6.07) is 0. The van der Waals surface area contributed by atoms with Crippen molar-refractivity contribution < 1.29 is 76.3 Å². The third-order valence-electron chi connectivity index (χ3n) is 5.71. The average Bonchev–Trinajstić information content (AvgIpc) is 3.03. The van der Waals surface area contributed by atoms with E-state index < -0.39 is 105 Å². The Balaban J connectivity index is 5.88. The SMILES string of the molecule is C=C(C)C(=O)OCCC(=O)OCC(COC(=O)CCOC(=O)C(=C)C)(COC(=O)CCOC(=O)C(=C)C)COC(=O)CCOC(=O)C(=C)C. The number of esters is 8. The van der Waals surface area contributed by atoms with Crippen LogP contribution in [0.25, 0.3) is 0 Å². The summed E-state index contributed by atoms with van der Waals surface area (Å²) in [5, 5.41) is 0. The minimum atomic E-state index is -1.71. The highest BCUT2D eigenvalue weighted by molar-refractivity contribution is 5.88. The van der Waals surface area contributed by atoms with Crippen molar-refractivity contribution in [3.8, 4) is 0 Å². The molecule has 0 amide bonds. The van der Waals surface area contributed by atoms with Gasteiger partial charge in [-0.15, -0.1) is 0 Å². The molecule has 0 heterocycles. The third-order valence-corrected chi connectivity index (χ3v) is 5.71. The van der Waals surface area contributed by atoms with Crippen LogP contribution in [0, 0.1) is 5.41 Å². The van der Waals surface area contributed by atoms with Crippen LogP contribution in [-0.2, 0) is 76.3 Å². The Kier molecular flexibility index (Phi) is 20.6. The maximum Gasteiger partial charge on any atom is 0.333 e. The molecule has 0 aliphatic carbocycles. The van der Waals surface area contributed by atoms with Gasteiger partial charge in [-0.2, -0.15) is 0 Å². The van der Waals surface area contributed by atoms with Crippen molar-refractivity contribution in [1.29, 1.82) is 0 Å². The molecule has 0 saturated heterocycles. The maximum atomic E-state index is 12.5. The van der Waals surface area contributed by atoms with Crippen LogP contribution < -0.4 is 0 Å². The summed E-state index contributed by atoms with van der Waals surface area (Å²) in [5.41, 5.74) is -1.28. The zero-order valence-corrected chi connectivity index (χ0v) is 28.3. The molecule has 0 aliphatic rings. The Hall–Kier alpha value is -5.28. The van der Waals surface area contributed by atoms with E-state index in [0.717, 1.165) is 0 Å². The molecule has 272 valence electrons. The molecule has 16 nitrogen and oxygen atoms in total. The van der Waals surface area contributed by atoms with Gasteiger partial charge < -0.3 is 37.9 Å². The Labute approximate surface area is 284 Å². The second kappa shape index (κ2) is 23.1. The second-order valence-electron chi connectivity index (χ2n) is 10.8. The van der Waals surface area contributed by atoms with Crippen LogP contribution in [0.4, 0.5) is 0 Å². The predicted octanol–water partition coefficient (Wildman–Crippen LogP) is 2.18. The van der Waals surface area contributed by atoms with Crippen molar-refractivity contribution in [3.05, 3.63) is 48.6 Å². The summed E-state index contributed by atoms with van der Waals surface area (Å²) in [4.78, 5) is 96.5. The molecule has 0 unspecified atom stereocenters. The molecule has 0 saturated carbocycles. The number of carbonyl (C=O) groups is 8. The van der Waals surface area contributed by atoms with E-state index in [0.29, 0.717) is 0 Å². The first kappa shape index (κ1) is 43.7. The molecule has 0 aliphatic heterocycles. The molecular formula is C33H44O16. The fourth-order valence-corrected chi connectivity index (χ4v) is 2.87. The van der Waals surface area contributed by atoms with Crippen LogP contribution in [0.2, 0.25) is 0 Å². The van der Waals surface area contributed by atoms with Gasteiger partial charge in [0.05, 0.1) is 25.7 Å². The predicted molar refractivity (Wildman–Crippen MR) is 168 cm³/mol. The molecule has 0 aromatic carbocycles. The van der Waals surface area contributed by atoms with Gasteiger partial charge in [-0.3, -0.25) is 19.2 Å². The number of ether oxygens (including phenoxy) is 8.